The summed E-state index contributed by atoms with van der Waals surface area (Å²) < 4.78 is 13.6. The van der Waals surface area contributed by atoms with E-state index in [1.807, 2.05) is 48.5 Å². The highest BCUT2D eigenvalue weighted by Crippen LogP contribution is 2.34. The zero-order valence-electron chi connectivity index (χ0n) is 16.4. The van der Waals surface area contributed by atoms with Crippen LogP contribution in [0.1, 0.15) is 35.1 Å². The number of benzene rings is 3. The fraction of sp³-hybridized carbons (Fsp3) is 0.125. The van der Waals surface area contributed by atoms with Crippen LogP contribution < -0.4 is 10.6 Å². The van der Waals surface area contributed by atoms with Gasteiger partial charge in [-0.2, -0.15) is 0 Å². The zero-order chi connectivity index (χ0) is 21.4. The van der Waals surface area contributed by atoms with Gasteiger partial charge in [0, 0.05) is 12.1 Å². The van der Waals surface area contributed by atoms with Gasteiger partial charge in [-0.05, 0) is 41.0 Å². The van der Waals surface area contributed by atoms with E-state index >= 15 is 0 Å². The molecule has 154 valence electrons. The molecule has 2 amide bonds. The summed E-state index contributed by atoms with van der Waals surface area (Å²) in [6.45, 7) is 0. The Kier molecular flexibility index (Phi) is 4.71. The molecular weight excluding hydrogens is 395 g/mol. The monoisotopic (exact) mass is 414 g/mol. The molecule has 4 aromatic rings. The number of aromatic nitrogens is 2. The molecule has 6 nitrogen and oxygen atoms in total. The van der Waals surface area contributed by atoms with E-state index in [2.05, 4.69) is 20.6 Å². The molecule has 7 heteroatoms. The average Bonchev–Trinajstić information content (AvgIpc) is 3.25. The topological polar surface area (TPSA) is 86.9 Å². The van der Waals surface area contributed by atoms with Crippen molar-refractivity contribution in [2.45, 2.75) is 18.4 Å². The maximum absolute atomic E-state index is 13.6. The van der Waals surface area contributed by atoms with Crippen LogP contribution in [0.3, 0.4) is 0 Å². The normalized spacial score (nSPS) is 16.4. The smallest absolute Gasteiger partial charge is 0.228 e. The van der Waals surface area contributed by atoms with Gasteiger partial charge in [-0.1, -0.05) is 42.5 Å². The molecule has 0 bridgehead atoms. The Bertz CT molecular complexity index is 1290. The number of carbonyl (C=O) groups excluding carboxylic acids is 2. The first-order valence-electron chi connectivity index (χ1n) is 9.96. The Hall–Kier alpha value is -4.00. The number of carbonyl (C=O) groups is 2. The van der Waals surface area contributed by atoms with Crippen LogP contribution >= 0.6 is 0 Å². The van der Waals surface area contributed by atoms with Crippen molar-refractivity contribution >= 4 is 28.5 Å². The number of halogens is 1. The summed E-state index contributed by atoms with van der Waals surface area (Å²) in [6.07, 6.45) is 1.63. The van der Waals surface area contributed by atoms with Crippen molar-refractivity contribution in [3.05, 3.63) is 95.6 Å². The molecule has 1 aliphatic rings. The molecule has 0 aliphatic carbocycles. The maximum Gasteiger partial charge on any atom is 0.228 e. The number of aromatic amines is 1. The Morgan fingerprint density at radius 1 is 1.06 bits per heavy atom. The van der Waals surface area contributed by atoms with E-state index in [0.717, 1.165) is 22.2 Å². The van der Waals surface area contributed by atoms with Crippen LogP contribution in [0.25, 0.3) is 11.0 Å². The predicted octanol–water partition coefficient (Wildman–Crippen LogP) is 4.03. The molecule has 31 heavy (non-hydrogen) atoms. The third-order valence-corrected chi connectivity index (χ3v) is 5.57. The van der Waals surface area contributed by atoms with Crippen LogP contribution in [-0.2, 0) is 9.59 Å². The van der Waals surface area contributed by atoms with E-state index in [1.54, 1.807) is 12.4 Å². The van der Waals surface area contributed by atoms with Crippen LogP contribution in [0.15, 0.2) is 73.1 Å². The quantitative estimate of drug-likeness (QED) is 0.471. The highest BCUT2D eigenvalue weighted by Gasteiger charge is 2.32. The maximum atomic E-state index is 13.6. The Balaban J connectivity index is 1.51. The van der Waals surface area contributed by atoms with E-state index in [9.17, 15) is 14.0 Å². The molecular formula is C24H19FN4O2. The zero-order valence-corrected chi connectivity index (χ0v) is 16.4. The number of anilines is 1. The molecule has 2 unspecified atom stereocenters. The predicted molar refractivity (Wildman–Crippen MR) is 115 cm³/mol. The highest BCUT2D eigenvalue weighted by molar-refractivity contribution is 6.01. The number of fused-ring (bicyclic) bond motifs is 2. The highest BCUT2D eigenvalue weighted by atomic mass is 19.1. The van der Waals surface area contributed by atoms with E-state index in [0.29, 0.717) is 11.3 Å². The van der Waals surface area contributed by atoms with Gasteiger partial charge < -0.3 is 15.6 Å². The Labute approximate surface area is 177 Å². The van der Waals surface area contributed by atoms with Crippen molar-refractivity contribution in [1.82, 2.24) is 15.3 Å². The van der Waals surface area contributed by atoms with Gasteiger partial charge in [-0.15, -0.1) is 0 Å². The lowest BCUT2D eigenvalue weighted by molar-refractivity contribution is -0.126. The Morgan fingerprint density at radius 2 is 1.90 bits per heavy atom. The summed E-state index contributed by atoms with van der Waals surface area (Å²) >= 11 is 0. The molecule has 3 aromatic carbocycles. The number of hydrogen-bond acceptors (Lipinski definition) is 3. The molecule has 0 radical (unpaired) electrons. The molecule has 2 atom stereocenters. The summed E-state index contributed by atoms with van der Waals surface area (Å²) in [7, 11) is 0. The van der Waals surface area contributed by atoms with E-state index in [4.69, 9.17) is 0 Å². The second-order valence-corrected chi connectivity index (χ2v) is 7.57. The number of H-pyrrole nitrogens is 1. The number of amides is 2. The molecule has 0 saturated carbocycles. The summed E-state index contributed by atoms with van der Waals surface area (Å²) in [5.41, 5.74) is 4.44. The summed E-state index contributed by atoms with van der Waals surface area (Å²) in [6, 6.07) is 19.1. The van der Waals surface area contributed by atoms with Crippen molar-refractivity contribution in [2.24, 2.45) is 0 Å². The lowest BCUT2D eigenvalue weighted by Gasteiger charge is -2.27. The lowest BCUT2D eigenvalue weighted by atomic mass is 9.88. The van der Waals surface area contributed by atoms with Gasteiger partial charge in [-0.3, -0.25) is 9.59 Å². The molecule has 2 heterocycles. The van der Waals surface area contributed by atoms with E-state index in [-0.39, 0.29) is 18.2 Å². The van der Waals surface area contributed by atoms with Gasteiger partial charge in [0.1, 0.15) is 5.82 Å². The third kappa shape index (κ3) is 3.66. The van der Waals surface area contributed by atoms with Crippen molar-refractivity contribution < 1.29 is 14.0 Å². The van der Waals surface area contributed by atoms with E-state index in [1.165, 1.54) is 12.1 Å². The van der Waals surface area contributed by atoms with Crippen molar-refractivity contribution in [3.8, 4) is 0 Å². The minimum atomic E-state index is -0.702. The number of imidazole rings is 1. The lowest BCUT2D eigenvalue weighted by Crippen LogP contribution is -2.37. The van der Waals surface area contributed by atoms with E-state index < -0.39 is 17.8 Å². The van der Waals surface area contributed by atoms with Gasteiger partial charge >= 0.3 is 0 Å². The SMILES string of the molecule is O=C1CC(C(=O)NC(c2ccccc2)c2ccc3nc[nH]c3c2)c2ccc(F)cc2N1. The summed E-state index contributed by atoms with van der Waals surface area (Å²) in [5, 5.41) is 5.75. The second-order valence-electron chi connectivity index (χ2n) is 7.57. The number of nitrogens with zero attached hydrogens (tertiary/aromatic N) is 1. The van der Waals surface area contributed by atoms with Gasteiger partial charge in [-0.25, -0.2) is 9.37 Å². The average molecular weight is 414 g/mol. The van der Waals surface area contributed by atoms with Crippen LogP contribution in [-0.4, -0.2) is 21.8 Å². The van der Waals surface area contributed by atoms with Crippen LogP contribution in [0.5, 0.6) is 0 Å². The Morgan fingerprint density at radius 3 is 2.74 bits per heavy atom. The number of hydrogen-bond donors (Lipinski definition) is 3. The fourth-order valence-electron chi connectivity index (χ4n) is 4.05. The molecule has 0 fully saturated rings. The van der Waals surface area contributed by atoms with Crippen LogP contribution in [0.2, 0.25) is 0 Å². The molecule has 0 saturated heterocycles. The standard InChI is InChI=1S/C24H19FN4O2/c25-16-7-8-17-18(12-22(30)28-20(17)11-16)24(31)29-23(14-4-2-1-3-5-14)15-6-9-19-21(10-15)27-13-26-19/h1-11,13,18,23H,12H2,(H,26,27)(H,28,30)(H,29,31). The summed E-state index contributed by atoms with van der Waals surface area (Å²) in [4.78, 5) is 32.9. The second kappa shape index (κ2) is 7.68. The van der Waals surface area contributed by atoms with Gasteiger partial charge in [0.15, 0.2) is 0 Å². The number of nitrogens with one attached hydrogen (secondary N) is 3. The molecule has 0 spiro atoms. The van der Waals surface area contributed by atoms with Gasteiger partial charge in [0.25, 0.3) is 0 Å². The first-order valence-corrected chi connectivity index (χ1v) is 9.96. The third-order valence-electron chi connectivity index (χ3n) is 5.57. The first kappa shape index (κ1) is 19.0. The molecule has 5 rings (SSSR count). The fourth-order valence-corrected chi connectivity index (χ4v) is 4.05. The van der Waals surface area contributed by atoms with Crippen LogP contribution in [0.4, 0.5) is 10.1 Å². The van der Waals surface area contributed by atoms with Crippen molar-refractivity contribution in [2.75, 3.05) is 5.32 Å². The summed E-state index contributed by atoms with van der Waals surface area (Å²) in [5.74, 6) is -1.77. The minimum absolute atomic E-state index is 0.00551. The van der Waals surface area contributed by atoms with Crippen molar-refractivity contribution in [3.63, 3.8) is 0 Å². The largest absolute Gasteiger partial charge is 0.345 e. The molecule has 1 aromatic heterocycles. The first-order chi connectivity index (χ1) is 15.1. The number of rotatable bonds is 4. The molecule has 1 aliphatic heterocycles. The van der Waals surface area contributed by atoms with Crippen LogP contribution in [0, 0.1) is 5.82 Å². The molecule has 3 N–H and O–H groups in total. The van der Waals surface area contributed by atoms with Gasteiger partial charge in [0.2, 0.25) is 11.8 Å². The van der Waals surface area contributed by atoms with Gasteiger partial charge in [0.05, 0.1) is 29.3 Å². The minimum Gasteiger partial charge on any atom is -0.345 e. The van der Waals surface area contributed by atoms with Crippen molar-refractivity contribution in [1.29, 1.82) is 0 Å².